The molecule has 5 heteroatoms. The van der Waals surface area contributed by atoms with Gasteiger partial charge in [0.15, 0.2) is 5.76 Å². The molecule has 0 unspecified atom stereocenters. The molecule has 1 aliphatic heterocycles. The highest BCUT2D eigenvalue weighted by Crippen LogP contribution is 2.13. The van der Waals surface area contributed by atoms with Gasteiger partial charge in [0.05, 0.1) is 12.2 Å². The number of hydrogen-bond donors (Lipinski definition) is 1. The van der Waals surface area contributed by atoms with Crippen molar-refractivity contribution < 1.29 is 4.52 Å². The van der Waals surface area contributed by atoms with Gasteiger partial charge in [-0.15, -0.1) is 12.4 Å². The van der Waals surface area contributed by atoms with E-state index in [1.807, 2.05) is 13.0 Å². The Morgan fingerprint density at radius 3 is 2.75 bits per heavy atom. The molecule has 0 amide bonds. The summed E-state index contributed by atoms with van der Waals surface area (Å²) in [6, 6.07) is 2.69. The fourth-order valence-corrected chi connectivity index (χ4v) is 2.11. The van der Waals surface area contributed by atoms with E-state index in [0.29, 0.717) is 6.04 Å². The third-order valence-electron chi connectivity index (χ3n) is 3.01. The first kappa shape index (κ1) is 13.5. The van der Waals surface area contributed by atoms with Gasteiger partial charge in [0.1, 0.15) is 0 Å². The summed E-state index contributed by atoms with van der Waals surface area (Å²) in [5, 5.41) is 7.28. The normalized spacial score (nSPS) is 17.4. The smallest absolute Gasteiger partial charge is 0.150 e. The molecule has 2 rings (SSSR count). The van der Waals surface area contributed by atoms with E-state index in [1.165, 1.54) is 12.8 Å². The Hall–Kier alpha value is -0.580. The molecule has 1 N–H and O–H groups in total. The van der Waals surface area contributed by atoms with Crippen molar-refractivity contribution in [1.82, 2.24) is 15.4 Å². The van der Waals surface area contributed by atoms with Crippen molar-refractivity contribution in [2.45, 2.75) is 32.4 Å². The topological polar surface area (TPSA) is 41.3 Å². The van der Waals surface area contributed by atoms with Crippen molar-refractivity contribution >= 4 is 12.4 Å². The highest BCUT2D eigenvalue weighted by molar-refractivity contribution is 5.85. The minimum absolute atomic E-state index is 0. The monoisotopic (exact) mass is 245 g/mol. The van der Waals surface area contributed by atoms with Crippen molar-refractivity contribution in [3.8, 4) is 0 Å². The van der Waals surface area contributed by atoms with E-state index >= 15 is 0 Å². The summed E-state index contributed by atoms with van der Waals surface area (Å²) in [5.41, 5.74) is 0.962. The number of nitrogens with zero attached hydrogens (tertiary/aromatic N) is 2. The lowest BCUT2D eigenvalue weighted by molar-refractivity contribution is 0.173. The second-order valence-electron chi connectivity index (χ2n) is 4.33. The van der Waals surface area contributed by atoms with Crippen LogP contribution in [0.4, 0.5) is 0 Å². The zero-order chi connectivity index (χ0) is 10.7. The van der Waals surface area contributed by atoms with Crippen molar-refractivity contribution in [2.75, 3.05) is 20.1 Å². The number of hydrogen-bond acceptors (Lipinski definition) is 4. The molecule has 0 radical (unpaired) electrons. The van der Waals surface area contributed by atoms with E-state index in [9.17, 15) is 0 Å². The Morgan fingerprint density at radius 2 is 2.19 bits per heavy atom. The van der Waals surface area contributed by atoms with Crippen LogP contribution in [-0.2, 0) is 6.54 Å². The first-order valence-electron chi connectivity index (χ1n) is 5.59. The zero-order valence-corrected chi connectivity index (χ0v) is 10.7. The first-order valence-corrected chi connectivity index (χ1v) is 5.59. The van der Waals surface area contributed by atoms with Gasteiger partial charge in [-0.05, 0) is 39.9 Å². The summed E-state index contributed by atoms with van der Waals surface area (Å²) in [5.74, 6) is 0.966. The number of piperidine rings is 1. The summed E-state index contributed by atoms with van der Waals surface area (Å²) >= 11 is 0. The van der Waals surface area contributed by atoms with Crippen LogP contribution in [-0.4, -0.2) is 36.2 Å². The molecule has 0 aromatic carbocycles. The third kappa shape index (κ3) is 3.47. The van der Waals surface area contributed by atoms with Crippen LogP contribution in [0.15, 0.2) is 10.6 Å². The Morgan fingerprint density at radius 1 is 1.50 bits per heavy atom. The van der Waals surface area contributed by atoms with Crippen molar-refractivity contribution in [3.05, 3.63) is 17.5 Å². The second kappa shape index (κ2) is 6.23. The maximum atomic E-state index is 5.22. The molecule has 92 valence electrons. The summed E-state index contributed by atoms with van der Waals surface area (Å²) in [6.07, 6.45) is 2.45. The van der Waals surface area contributed by atoms with Crippen LogP contribution in [0.3, 0.4) is 0 Å². The SMILES string of the molecule is Cc1cc(CN(C)C2CCNCC2)on1.Cl. The molecule has 0 saturated carbocycles. The molecule has 1 aliphatic rings. The molecule has 1 aromatic heterocycles. The lowest BCUT2D eigenvalue weighted by Crippen LogP contribution is -2.40. The van der Waals surface area contributed by atoms with E-state index in [4.69, 9.17) is 4.52 Å². The van der Waals surface area contributed by atoms with E-state index in [2.05, 4.69) is 22.4 Å². The van der Waals surface area contributed by atoms with Gasteiger partial charge in [-0.1, -0.05) is 5.16 Å². The molecular formula is C11H20ClN3O. The molecule has 16 heavy (non-hydrogen) atoms. The number of nitrogens with one attached hydrogen (secondary N) is 1. The lowest BCUT2D eigenvalue weighted by atomic mass is 10.1. The van der Waals surface area contributed by atoms with E-state index in [-0.39, 0.29) is 12.4 Å². The van der Waals surface area contributed by atoms with Crippen LogP contribution in [0.5, 0.6) is 0 Å². The predicted molar refractivity (Wildman–Crippen MR) is 65.8 cm³/mol. The van der Waals surface area contributed by atoms with E-state index in [1.54, 1.807) is 0 Å². The molecule has 4 nitrogen and oxygen atoms in total. The summed E-state index contributed by atoms with van der Waals surface area (Å²) in [7, 11) is 2.16. The highest BCUT2D eigenvalue weighted by Gasteiger charge is 2.18. The number of halogens is 1. The van der Waals surface area contributed by atoms with Gasteiger partial charge >= 0.3 is 0 Å². The predicted octanol–water partition coefficient (Wildman–Crippen LogP) is 1.59. The van der Waals surface area contributed by atoms with Crippen molar-refractivity contribution in [2.24, 2.45) is 0 Å². The fourth-order valence-electron chi connectivity index (χ4n) is 2.11. The van der Waals surface area contributed by atoms with Gasteiger partial charge in [0, 0.05) is 12.1 Å². The third-order valence-corrected chi connectivity index (χ3v) is 3.01. The summed E-state index contributed by atoms with van der Waals surface area (Å²) < 4.78 is 5.22. The molecule has 1 saturated heterocycles. The fraction of sp³-hybridized carbons (Fsp3) is 0.727. The Kier molecular flexibility index (Phi) is 5.25. The Labute approximate surface area is 103 Å². The van der Waals surface area contributed by atoms with E-state index in [0.717, 1.165) is 31.1 Å². The average molecular weight is 246 g/mol. The minimum atomic E-state index is 0. The summed E-state index contributed by atoms with van der Waals surface area (Å²) in [4.78, 5) is 2.36. The molecule has 0 bridgehead atoms. The molecule has 1 aromatic rings. The van der Waals surface area contributed by atoms with Gasteiger partial charge in [-0.3, -0.25) is 4.90 Å². The van der Waals surface area contributed by atoms with Gasteiger partial charge in [-0.2, -0.15) is 0 Å². The molecule has 0 spiro atoms. The van der Waals surface area contributed by atoms with Crippen LogP contribution < -0.4 is 5.32 Å². The van der Waals surface area contributed by atoms with Gasteiger partial charge < -0.3 is 9.84 Å². The lowest BCUT2D eigenvalue weighted by Gasteiger charge is -2.30. The average Bonchev–Trinajstić information content (AvgIpc) is 2.65. The molecule has 0 atom stereocenters. The van der Waals surface area contributed by atoms with Gasteiger partial charge in [0.2, 0.25) is 0 Å². The largest absolute Gasteiger partial charge is 0.360 e. The van der Waals surface area contributed by atoms with E-state index < -0.39 is 0 Å². The van der Waals surface area contributed by atoms with Gasteiger partial charge in [0.25, 0.3) is 0 Å². The first-order chi connectivity index (χ1) is 7.25. The number of aromatic nitrogens is 1. The van der Waals surface area contributed by atoms with Gasteiger partial charge in [-0.25, -0.2) is 0 Å². The molecule has 1 fully saturated rings. The zero-order valence-electron chi connectivity index (χ0n) is 9.90. The van der Waals surface area contributed by atoms with Crippen molar-refractivity contribution in [3.63, 3.8) is 0 Å². The maximum Gasteiger partial charge on any atom is 0.150 e. The van der Waals surface area contributed by atoms with Crippen LogP contribution in [0.2, 0.25) is 0 Å². The molecule has 2 heterocycles. The van der Waals surface area contributed by atoms with Crippen LogP contribution in [0.25, 0.3) is 0 Å². The quantitative estimate of drug-likeness (QED) is 0.878. The van der Waals surface area contributed by atoms with Crippen LogP contribution in [0, 0.1) is 6.92 Å². The minimum Gasteiger partial charge on any atom is -0.360 e. The summed E-state index contributed by atoms with van der Waals surface area (Å²) in [6.45, 7) is 5.08. The standard InChI is InChI=1S/C11H19N3O.ClH/c1-9-7-11(15-13-9)8-14(2)10-3-5-12-6-4-10;/h7,10,12H,3-6,8H2,1-2H3;1H. The highest BCUT2D eigenvalue weighted by atomic mass is 35.5. The van der Waals surface area contributed by atoms with Crippen molar-refractivity contribution in [1.29, 1.82) is 0 Å². The van der Waals surface area contributed by atoms with Crippen LogP contribution >= 0.6 is 12.4 Å². The number of aryl methyl sites for hydroxylation is 1. The second-order valence-corrected chi connectivity index (χ2v) is 4.33. The molecular weight excluding hydrogens is 226 g/mol. The maximum absolute atomic E-state index is 5.22. The molecule has 0 aliphatic carbocycles. The Bertz CT molecular complexity index is 310. The number of rotatable bonds is 3. The van der Waals surface area contributed by atoms with Crippen LogP contribution in [0.1, 0.15) is 24.3 Å². The Balaban J connectivity index is 0.00000128.